The molecule has 0 amide bonds. The van der Waals surface area contributed by atoms with Crippen molar-refractivity contribution in [2.45, 2.75) is 26.3 Å². The van der Waals surface area contributed by atoms with Gasteiger partial charge in [0.2, 0.25) is 0 Å². The second kappa shape index (κ2) is 5.49. The van der Waals surface area contributed by atoms with Crippen molar-refractivity contribution in [2.24, 2.45) is 0 Å². The van der Waals surface area contributed by atoms with E-state index in [0.717, 1.165) is 0 Å². The van der Waals surface area contributed by atoms with Gasteiger partial charge in [0.15, 0.2) is 5.11 Å². The molecule has 0 saturated heterocycles. The quantitative estimate of drug-likeness (QED) is 0.496. The molecule has 0 aromatic heterocycles. The van der Waals surface area contributed by atoms with E-state index in [4.69, 9.17) is 23.8 Å². The van der Waals surface area contributed by atoms with Crippen molar-refractivity contribution in [2.75, 3.05) is 5.32 Å². The molecule has 0 aliphatic heterocycles. The number of nitrogens with zero attached hydrogens (tertiary/aromatic N) is 1. The second-order valence-corrected chi connectivity index (χ2v) is 5.57. The smallest absolute Gasteiger partial charge is 0.271 e. The first-order valence-electron chi connectivity index (χ1n) is 5.22. The number of anilines is 1. The van der Waals surface area contributed by atoms with Crippen LogP contribution in [0, 0.1) is 10.1 Å². The molecule has 0 aliphatic rings. The fourth-order valence-electron chi connectivity index (χ4n) is 1.22. The Balaban J connectivity index is 2.87. The van der Waals surface area contributed by atoms with Crippen LogP contribution in [-0.4, -0.2) is 15.6 Å². The predicted octanol–water partition coefficient (Wildman–Crippen LogP) is 3.33. The van der Waals surface area contributed by atoms with Crippen LogP contribution >= 0.6 is 23.8 Å². The zero-order valence-corrected chi connectivity index (χ0v) is 11.9. The number of thiocarbonyl (C=S) groups is 1. The molecule has 7 heteroatoms. The molecule has 18 heavy (non-hydrogen) atoms. The van der Waals surface area contributed by atoms with E-state index in [0.29, 0.717) is 15.8 Å². The van der Waals surface area contributed by atoms with E-state index in [1.807, 2.05) is 20.8 Å². The maximum atomic E-state index is 10.7. The van der Waals surface area contributed by atoms with Gasteiger partial charge in [-0.15, -0.1) is 0 Å². The molecular weight excluding hydrogens is 274 g/mol. The average Bonchev–Trinajstić information content (AvgIpc) is 2.18. The summed E-state index contributed by atoms with van der Waals surface area (Å²) in [6, 6.07) is 4.15. The highest BCUT2D eigenvalue weighted by atomic mass is 35.5. The Labute approximate surface area is 116 Å². The second-order valence-electron chi connectivity index (χ2n) is 4.75. The molecule has 1 aromatic carbocycles. The number of rotatable bonds is 2. The molecule has 1 aromatic rings. The molecule has 0 unspecified atom stereocenters. The van der Waals surface area contributed by atoms with Crippen LogP contribution in [0.5, 0.6) is 0 Å². The Morgan fingerprint density at radius 2 is 2.06 bits per heavy atom. The summed E-state index contributed by atoms with van der Waals surface area (Å²) in [5.41, 5.74) is 0.171. The number of hydrogen-bond donors (Lipinski definition) is 2. The molecule has 0 spiro atoms. The van der Waals surface area contributed by atoms with Gasteiger partial charge in [-0.25, -0.2) is 0 Å². The van der Waals surface area contributed by atoms with E-state index >= 15 is 0 Å². The van der Waals surface area contributed by atoms with Crippen LogP contribution in [0.25, 0.3) is 0 Å². The average molecular weight is 288 g/mol. The van der Waals surface area contributed by atoms with E-state index in [1.54, 1.807) is 0 Å². The molecule has 5 nitrogen and oxygen atoms in total. The van der Waals surface area contributed by atoms with Gasteiger partial charge in [-0.1, -0.05) is 11.6 Å². The minimum absolute atomic E-state index is 0.0412. The molecule has 0 atom stereocenters. The van der Waals surface area contributed by atoms with Crippen molar-refractivity contribution in [3.8, 4) is 0 Å². The SMILES string of the molecule is CC(C)(C)NC(=S)Nc1cc([N+](=O)[O-])ccc1Cl. The normalized spacial score (nSPS) is 10.9. The molecule has 98 valence electrons. The van der Waals surface area contributed by atoms with Crippen molar-refractivity contribution in [1.29, 1.82) is 0 Å². The summed E-state index contributed by atoms with van der Waals surface area (Å²) >= 11 is 11.0. The van der Waals surface area contributed by atoms with Gasteiger partial charge in [-0.2, -0.15) is 0 Å². The third-order valence-electron chi connectivity index (χ3n) is 1.90. The summed E-state index contributed by atoms with van der Waals surface area (Å²) in [4.78, 5) is 10.2. The summed E-state index contributed by atoms with van der Waals surface area (Å²) in [7, 11) is 0. The van der Waals surface area contributed by atoms with Crippen LogP contribution in [0.15, 0.2) is 18.2 Å². The Morgan fingerprint density at radius 3 is 2.56 bits per heavy atom. The van der Waals surface area contributed by atoms with Gasteiger partial charge in [0.05, 0.1) is 15.6 Å². The van der Waals surface area contributed by atoms with Gasteiger partial charge < -0.3 is 10.6 Å². The molecule has 0 saturated carbocycles. The van der Waals surface area contributed by atoms with Gasteiger partial charge in [0.1, 0.15) is 0 Å². The van der Waals surface area contributed by atoms with Crippen molar-refractivity contribution in [1.82, 2.24) is 5.32 Å². The van der Waals surface area contributed by atoms with Crippen LogP contribution in [0.3, 0.4) is 0 Å². The number of hydrogen-bond acceptors (Lipinski definition) is 3. The van der Waals surface area contributed by atoms with Crippen molar-refractivity contribution >= 4 is 40.3 Å². The van der Waals surface area contributed by atoms with Gasteiger partial charge in [0, 0.05) is 17.7 Å². The highest BCUT2D eigenvalue weighted by Gasteiger charge is 2.14. The Morgan fingerprint density at radius 1 is 1.44 bits per heavy atom. The first-order chi connectivity index (χ1) is 8.19. The van der Waals surface area contributed by atoms with E-state index < -0.39 is 4.92 Å². The summed E-state index contributed by atoms with van der Waals surface area (Å²) < 4.78 is 0. The first kappa shape index (κ1) is 14.7. The Hall–Kier alpha value is -1.40. The number of benzene rings is 1. The molecule has 0 bridgehead atoms. The van der Waals surface area contributed by atoms with Gasteiger partial charge in [0.25, 0.3) is 5.69 Å². The zero-order chi connectivity index (χ0) is 13.9. The topological polar surface area (TPSA) is 67.2 Å². The van der Waals surface area contributed by atoms with Crippen LogP contribution in [0.1, 0.15) is 20.8 Å². The molecule has 0 aliphatic carbocycles. The number of nitro groups is 1. The summed E-state index contributed by atoms with van der Waals surface area (Å²) in [5.74, 6) is 0. The van der Waals surface area contributed by atoms with Crippen molar-refractivity contribution in [3.63, 3.8) is 0 Å². The minimum Gasteiger partial charge on any atom is -0.358 e. The standard InChI is InChI=1S/C11H14ClN3O2S/c1-11(2,3)14-10(18)13-9-6-7(15(16)17)4-5-8(9)12/h4-6H,1-3H3,(H2,13,14,18). The summed E-state index contributed by atoms with van der Waals surface area (Å²) in [6.45, 7) is 5.86. The Kier molecular flexibility index (Phi) is 4.48. The number of non-ortho nitro benzene ring substituents is 1. The lowest BCUT2D eigenvalue weighted by molar-refractivity contribution is -0.384. The largest absolute Gasteiger partial charge is 0.358 e. The molecular formula is C11H14ClN3O2S. The summed E-state index contributed by atoms with van der Waals surface area (Å²) in [6.07, 6.45) is 0. The number of halogens is 1. The number of nitrogens with one attached hydrogen (secondary N) is 2. The maximum Gasteiger partial charge on any atom is 0.271 e. The van der Waals surface area contributed by atoms with Gasteiger partial charge in [-0.05, 0) is 39.1 Å². The first-order valence-corrected chi connectivity index (χ1v) is 6.01. The minimum atomic E-state index is -0.484. The molecule has 0 fully saturated rings. The fraction of sp³-hybridized carbons (Fsp3) is 0.364. The van der Waals surface area contributed by atoms with Crippen LogP contribution in [-0.2, 0) is 0 Å². The molecule has 2 N–H and O–H groups in total. The van der Waals surface area contributed by atoms with E-state index in [9.17, 15) is 10.1 Å². The van der Waals surface area contributed by atoms with Crippen LogP contribution in [0.2, 0.25) is 5.02 Å². The van der Waals surface area contributed by atoms with E-state index in [1.165, 1.54) is 18.2 Å². The van der Waals surface area contributed by atoms with E-state index in [2.05, 4.69) is 10.6 Å². The lowest BCUT2D eigenvalue weighted by atomic mass is 10.1. The third kappa shape index (κ3) is 4.46. The van der Waals surface area contributed by atoms with Crippen LogP contribution < -0.4 is 10.6 Å². The van der Waals surface area contributed by atoms with Crippen molar-refractivity contribution in [3.05, 3.63) is 33.3 Å². The highest BCUT2D eigenvalue weighted by molar-refractivity contribution is 7.80. The van der Waals surface area contributed by atoms with Gasteiger partial charge in [-0.3, -0.25) is 10.1 Å². The molecule has 0 heterocycles. The Bertz CT molecular complexity index is 486. The molecule has 0 radical (unpaired) electrons. The lowest BCUT2D eigenvalue weighted by Crippen LogP contribution is -2.42. The van der Waals surface area contributed by atoms with Crippen molar-refractivity contribution < 1.29 is 4.92 Å². The summed E-state index contributed by atoms with van der Waals surface area (Å²) in [5, 5.41) is 17.3. The third-order valence-corrected chi connectivity index (χ3v) is 2.43. The van der Waals surface area contributed by atoms with E-state index in [-0.39, 0.29) is 11.2 Å². The predicted molar refractivity (Wildman–Crippen MR) is 77.2 cm³/mol. The number of nitro benzene ring substituents is 1. The lowest BCUT2D eigenvalue weighted by Gasteiger charge is -2.23. The molecule has 1 rings (SSSR count). The zero-order valence-electron chi connectivity index (χ0n) is 10.3. The highest BCUT2D eigenvalue weighted by Crippen LogP contribution is 2.26. The fourth-order valence-corrected chi connectivity index (χ4v) is 1.80. The van der Waals surface area contributed by atoms with Crippen LogP contribution in [0.4, 0.5) is 11.4 Å². The monoisotopic (exact) mass is 287 g/mol. The van der Waals surface area contributed by atoms with Gasteiger partial charge >= 0.3 is 0 Å². The maximum absolute atomic E-state index is 10.7.